The summed E-state index contributed by atoms with van der Waals surface area (Å²) in [4.78, 5) is 24.1. The van der Waals surface area contributed by atoms with Gasteiger partial charge in [-0.3, -0.25) is 9.59 Å². The average molecular weight is 361 g/mol. The lowest BCUT2D eigenvalue weighted by Crippen LogP contribution is -2.54. The number of aliphatic hydroxyl groups excluding tert-OH is 1. The van der Waals surface area contributed by atoms with E-state index in [0.29, 0.717) is 0 Å². The first-order valence-electron chi connectivity index (χ1n) is 6.25. The number of hydrogen-bond donors (Lipinski definition) is 2. The first-order valence-corrected chi connectivity index (χ1v) is 7.17. The highest BCUT2D eigenvalue weighted by atomic mass is 79.9. The Morgan fingerprint density at radius 2 is 1.95 bits per heavy atom. The third kappa shape index (κ3) is 2.55. The molecule has 1 heterocycles. The molecule has 1 unspecified atom stereocenters. The Kier molecular flexibility index (Phi) is 4.57. The minimum absolute atomic E-state index is 0.0813. The summed E-state index contributed by atoms with van der Waals surface area (Å²) < 4.78 is 19.3. The molecular formula is C14H14BrFO5. The summed E-state index contributed by atoms with van der Waals surface area (Å²) in [7, 11) is 0. The molecule has 5 nitrogen and oxygen atoms in total. The first kappa shape index (κ1) is 16.2. The summed E-state index contributed by atoms with van der Waals surface area (Å²) in [6, 6.07) is 5.82. The zero-order chi connectivity index (χ0) is 15.8. The summed E-state index contributed by atoms with van der Waals surface area (Å²) in [5, 5.41) is 18.5. The van der Waals surface area contributed by atoms with Crippen molar-refractivity contribution in [1.82, 2.24) is 0 Å². The Bertz CT molecular complexity index is 578. The number of benzene rings is 1. The van der Waals surface area contributed by atoms with Gasteiger partial charge in [0.1, 0.15) is 11.1 Å². The Hall–Kier alpha value is -1.15. The van der Waals surface area contributed by atoms with Crippen LogP contribution in [-0.4, -0.2) is 51.3 Å². The molecule has 21 heavy (non-hydrogen) atoms. The van der Waals surface area contributed by atoms with Gasteiger partial charge in [0.05, 0.1) is 6.61 Å². The number of halogens is 2. The number of alkyl halides is 2. The third-order valence-corrected chi connectivity index (χ3v) is 4.20. The number of ketones is 2. The predicted molar refractivity (Wildman–Crippen MR) is 75.3 cm³/mol. The minimum atomic E-state index is -2.55. The fourth-order valence-electron chi connectivity index (χ4n) is 2.36. The molecule has 0 aromatic heterocycles. The standard InChI is InChI=1S/C14H14BrFO5/c1-7(18)8-4-2-3-5-9(8)12(19)14(20)10(6-17)21-13(15)11(14)16/h2-5,10-11,13,17,20H,6H2,1H3/t10-,11-,13?,14-/m1/s1. The van der Waals surface area contributed by atoms with Gasteiger partial charge in [0.2, 0.25) is 5.78 Å². The summed E-state index contributed by atoms with van der Waals surface area (Å²) in [5.41, 5.74) is -2.56. The van der Waals surface area contributed by atoms with Gasteiger partial charge in [-0.2, -0.15) is 0 Å². The van der Waals surface area contributed by atoms with Crippen LogP contribution in [0.3, 0.4) is 0 Å². The number of carbonyl (C=O) groups is 2. The summed E-state index contributed by atoms with van der Waals surface area (Å²) >= 11 is 2.86. The lowest BCUT2D eigenvalue weighted by Gasteiger charge is -2.27. The summed E-state index contributed by atoms with van der Waals surface area (Å²) in [5.74, 6) is -1.37. The molecular weight excluding hydrogens is 347 g/mol. The number of rotatable bonds is 4. The molecule has 1 aromatic rings. The molecule has 1 aliphatic rings. The van der Waals surface area contributed by atoms with Gasteiger partial charge < -0.3 is 14.9 Å². The molecule has 0 aliphatic carbocycles. The maximum absolute atomic E-state index is 14.2. The van der Waals surface area contributed by atoms with Crippen LogP contribution in [0.15, 0.2) is 24.3 Å². The van der Waals surface area contributed by atoms with Crippen molar-refractivity contribution in [3.05, 3.63) is 35.4 Å². The van der Waals surface area contributed by atoms with Gasteiger partial charge in [-0.05, 0) is 6.92 Å². The fraction of sp³-hybridized carbons (Fsp3) is 0.429. The Morgan fingerprint density at radius 3 is 2.48 bits per heavy atom. The van der Waals surface area contributed by atoms with Crippen LogP contribution in [-0.2, 0) is 4.74 Å². The molecule has 0 bridgehead atoms. The van der Waals surface area contributed by atoms with E-state index >= 15 is 0 Å². The van der Waals surface area contributed by atoms with Crippen LogP contribution in [0, 0.1) is 0 Å². The summed E-state index contributed by atoms with van der Waals surface area (Å²) in [6.45, 7) is 0.540. The smallest absolute Gasteiger partial charge is 0.201 e. The van der Waals surface area contributed by atoms with Crippen LogP contribution >= 0.6 is 15.9 Å². The highest BCUT2D eigenvalue weighted by molar-refractivity contribution is 9.09. The summed E-state index contributed by atoms with van der Waals surface area (Å²) in [6.07, 6.45) is -3.48. The van der Waals surface area contributed by atoms with Gasteiger partial charge in [-0.1, -0.05) is 40.2 Å². The Labute approximate surface area is 128 Å². The maximum Gasteiger partial charge on any atom is 0.201 e. The predicted octanol–water partition coefficient (Wildman–Crippen LogP) is 1.25. The van der Waals surface area contributed by atoms with Crippen molar-refractivity contribution in [2.75, 3.05) is 6.61 Å². The van der Waals surface area contributed by atoms with E-state index in [0.717, 1.165) is 0 Å². The van der Waals surface area contributed by atoms with E-state index in [-0.39, 0.29) is 16.9 Å². The zero-order valence-electron chi connectivity index (χ0n) is 11.1. The zero-order valence-corrected chi connectivity index (χ0v) is 12.7. The molecule has 1 aromatic carbocycles. The highest BCUT2D eigenvalue weighted by Crippen LogP contribution is 2.39. The van der Waals surface area contributed by atoms with Crippen LogP contribution in [0.2, 0.25) is 0 Å². The van der Waals surface area contributed by atoms with E-state index in [1.165, 1.54) is 25.1 Å². The second kappa shape index (κ2) is 5.92. The van der Waals surface area contributed by atoms with Crippen LogP contribution in [0.5, 0.6) is 0 Å². The molecule has 7 heteroatoms. The Balaban J connectivity index is 2.50. The number of hydrogen-bond acceptors (Lipinski definition) is 5. The van der Waals surface area contributed by atoms with Crippen molar-refractivity contribution in [3.8, 4) is 0 Å². The lowest BCUT2D eigenvalue weighted by atomic mass is 9.83. The molecule has 0 amide bonds. The molecule has 0 spiro atoms. The Morgan fingerprint density at radius 1 is 1.38 bits per heavy atom. The van der Waals surface area contributed by atoms with Gasteiger partial charge in [-0.25, -0.2) is 4.39 Å². The van der Waals surface area contributed by atoms with Crippen molar-refractivity contribution in [3.63, 3.8) is 0 Å². The number of ether oxygens (including phenoxy) is 1. The monoisotopic (exact) mass is 360 g/mol. The molecule has 0 saturated carbocycles. The third-order valence-electron chi connectivity index (χ3n) is 3.52. The van der Waals surface area contributed by atoms with E-state index in [1.54, 1.807) is 6.07 Å². The van der Waals surface area contributed by atoms with Crippen LogP contribution < -0.4 is 0 Å². The normalized spacial score (nSPS) is 32.1. The number of Topliss-reactive ketones (excluding diaryl/α,β-unsaturated/α-hetero) is 2. The van der Waals surface area contributed by atoms with Crippen LogP contribution in [0.25, 0.3) is 0 Å². The largest absolute Gasteiger partial charge is 0.394 e. The first-order chi connectivity index (χ1) is 9.83. The van der Waals surface area contributed by atoms with Crippen molar-refractivity contribution in [2.45, 2.75) is 29.8 Å². The van der Waals surface area contributed by atoms with E-state index in [2.05, 4.69) is 15.9 Å². The number of aliphatic hydroxyl groups is 2. The van der Waals surface area contributed by atoms with Gasteiger partial charge in [-0.15, -0.1) is 0 Å². The molecule has 2 rings (SSSR count). The van der Waals surface area contributed by atoms with Gasteiger partial charge in [0.15, 0.2) is 17.6 Å². The quantitative estimate of drug-likeness (QED) is 0.623. The van der Waals surface area contributed by atoms with Gasteiger partial charge in [0.25, 0.3) is 0 Å². The average Bonchev–Trinajstić information content (AvgIpc) is 2.71. The molecule has 1 saturated heterocycles. The van der Waals surface area contributed by atoms with Crippen LogP contribution in [0.4, 0.5) is 4.39 Å². The van der Waals surface area contributed by atoms with Crippen molar-refractivity contribution in [1.29, 1.82) is 0 Å². The van der Waals surface area contributed by atoms with E-state index in [9.17, 15) is 24.2 Å². The van der Waals surface area contributed by atoms with Crippen molar-refractivity contribution < 1.29 is 28.9 Å². The highest BCUT2D eigenvalue weighted by Gasteiger charge is 2.60. The topological polar surface area (TPSA) is 83.8 Å². The van der Waals surface area contributed by atoms with E-state index < -0.39 is 35.3 Å². The van der Waals surface area contributed by atoms with Gasteiger partial charge >= 0.3 is 0 Å². The minimum Gasteiger partial charge on any atom is -0.394 e. The molecule has 4 atom stereocenters. The maximum atomic E-state index is 14.2. The van der Waals surface area contributed by atoms with E-state index in [1.807, 2.05) is 0 Å². The second-order valence-corrected chi connectivity index (χ2v) is 5.72. The molecule has 114 valence electrons. The number of carbonyl (C=O) groups excluding carboxylic acids is 2. The molecule has 1 fully saturated rings. The second-order valence-electron chi connectivity index (χ2n) is 4.82. The SMILES string of the molecule is CC(=O)c1ccccc1C(=O)[C@]1(O)[C@H](F)C(Br)O[C@@H]1CO. The van der Waals surface area contributed by atoms with E-state index in [4.69, 9.17) is 4.74 Å². The molecule has 2 N–H and O–H groups in total. The molecule has 1 aliphatic heterocycles. The lowest BCUT2D eigenvalue weighted by molar-refractivity contribution is -0.0556. The molecule has 0 radical (unpaired) electrons. The van der Waals surface area contributed by atoms with Crippen molar-refractivity contribution >= 4 is 27.5 Å². The van der Waals surface area contributed by atoms with Crippen molar-refractivity contribution in [2.24, 2.45) is 0 Å². The van der Waals surface area contributed by atoms with Crippen LogP contribution in [0.1, 0.15) is 27.6 Å². The van der Waals surface area contributed by atoms with Gasteiger partial charge in [0, 0.05) is 11.1 Å². The fourth-order valence-corrected chi connectivity index (χ4v) is 3.03.